The molecule has 2 fully saturated rings. The number of aromatic nitrogens is 2. The van der Waals surface area contributed by atoms with Crippen LogP contribution in [0.1, 0.15) is 45.5 Å². The van der Waals surface area contributed by atoms with Crippen molar-refractivity contribution >= 4 is 28.7 Å². The van der Waals surface area contributed by atoms with Crippen molar-refractivity contribution in [3.05, 3.63) is 15.7 Å². The Hall–Kier alpha value is -0.790. The molecule has 6 heteroatoms. The van der Waals surface area contributed by atoms with E-state index in [1.54, 1.807) is 6.20 Å². The number of imidazole rings is 1. The minimum atomic E-state index is -0.452. The molecule has 1 aromatic rings. The Morgan fingerprint density at radius 3 is 2.84 bits per heavy atom. The molecule has 19 heavy (non-hydrogen) atoms. The topological polar surface area (TPSA) is 58.2 Å². The fourth-order valence-electron chi connectivity index (χ4n) is 2.76. The summed E-state index contributed by atoms with van der Waals surface area (Å²) in [6, 6.07) is 0.393. The largest absolute Gasteiger partial charge is 0.444 e. The molecule has 3 atom stereocenters. The number of halogens is 1. The number of aromatic amines is 1. The number of nitrogens with zero attached hydrogens (tertiary/aromatic N) is 2. The van der Waals surface area contributed by atoms with Gasteiger partial charge in [-0.1, -0.05) is 0 Å². The van der Waals surface area contributed by atoms with Gasteiger partial charge in [0, 0.05) is 6.04 Å². The quantitative estimate of drug-likeness (QED) is 0.768. The monoisotopic (exact) mass is 375 g/mol. The van der Waals surface area contributed by atoms with Gasteiger partial charge in [0.05, 0.1) is 15.9 Å². The summed E-state index contributed by atoms with van der Waals surface area (Å²) in [4.78, 5) is 21.8. The Morgan fingerprint density at radius 1 is 1.53 bits per heavy atom. The Morgan fingerprint density at radius 2 is 2.26 bits per heavy atom. The van der Waals surface area contributed by atoms with Gasteiger partial charge in [-0.15, -0.1) is 0 Å². The molecule has 104 valence electrons. The van der Waals surface area contributed by atoms with Gasteiger partial charge in [0.15, 0.2) is 0 Å². The van der Waals surface area contributed by atoms with E-state index < -0.39 is 5.60 Å². The van der Waals surface area contributed by atoms with Crippen LogP contribution in [-0.4, -0.2) is 32.6 Å². The minimum Gasteiger partial charge on any atom is -0.444 e. The Kier molecular flexibility index (Phi) is 3.03. The van der Waals surface area contributed by atoms with E-state index in [-0.39, 0.29) is 12.1 Å². The number of likely N-dealkylation sites (tertiary alicyclic amines) is 1. The average molecular weight is 375 g/mol. The number of carbonyl (C=O) groups excluding carboxylic acids is 1. The van der Waals surface area contributed by atoms with E-state index in [2.05, 4.69) is 32.6 Å². The number of ether oxygens (including phenoxy) is 1. The molecule has 1 saturated carbocycles. The van der Waals surface area contributed by atoms with E-state index in [0.29, 0.717) is 12.0 Å². The van der Waals surface area contributed by atoms with Gasteiger partial charge in [0.1, 0.15) is 11.4 Å². The third-order valence-electron chi connectivity index (χ3n) is 3.59. The van der Waals surface area contributed by atoms with Gasteiger partial charge in [-0.05, 0) is 62.1 Å². The highest BCUT2D eigenvalue weighted by molar-refractivity contribution is 14.1. The maximum Gasteiger partial charge on any atom is 0.411 e. The van der Waals surface area contributed by atoms with Crippen LogP contribution < -0.4 is 0 Å². The molecule has 1 amide bonds. The van der Waals surface area contributed by atoms with E-state index in [1.165, 1.54) is 0 Å². The van der Waals surface area contributed by atoms with Crippen LogP contribution in [-0.2, 0) is 4.74 Å². The molecule has 0 aromatic carbocycles. The lowest BCUT2D eigenvalue weighted by atomic mass is 10.1. The van der Waals surface area contributed by atoms with E-state index >= 15 is 0 Å². The van der Waals surface area contributed by atoms with Crippen molar-refractivity contribution in [2.75, 3.05) is 0 Å². The number of rotatable bonds is 1. The third kappa shape index (κ3) is 2.59. The molecule has 2 heterocycles. The van der Waals surface area contributed by atoms with Gasteiger partial charge in [-0.2, -0.15) is 0 Å². The molecule has 0 spiro atoms. The molecule has 1 aliphatic carbocycles. The van der Waals surface area contributed by atoms with Gasteiger partial charge in [-0.3, -0.25) is 4.90 Å². The molecular formula is C13H18IN3O2. The maximum atomic E-state index is 12.3. The number of nitrogens with one attached hydrogen (secondary N) is 1. The highest BCUT2D eigenvalue weighted by Crippen LogP contribution is 2.53. The van der Waals surface area contributed by atoms with E-state index in [9.17, 15) is 4.79 Å². The first-order valence-corrected chi connectivity index (χ1v) is 7.65. The second-order valence-corrected chi connectivity index (χ2v) is 7.48. The maximum absolute atomic E-state index is 12.3. The predicted octanol–water partition coefficient (Wildman–Crippen LogP) is 3.08. The molecule has 3 rings (SSSR count). The van der Waals surface area contributed by atoms with Crippen LogP contribution in [0, 0.1) is 9.62 Å². The first-order chi connectivity index (χ1) is 8.85. The second-order valence-electron chi connectivity index (χ2n) is 6.32. The van der Waals surface area contributed by atoms with Crippen LogP contribution >= 0.6 is 22.6 Å². The minimum absolute atomic E-state index is 0.0436. The van der Waals surface area contributed by atoms with Crippen molar-refractivity contribution < 1.29 is 9.53 Å². The zero-order valence-electron chi connectivity index (χ0n) is 11.3. The lowest BCUT2D eigenvalue weighted by Crippen LogP contribution is -2.38. The van der Waals surface area contributed by atoms with Crippen LogP contribution in [0.5, 0.6) is 0 Å². The number of hydrogen-bond donors (Lipinski definition) is 1. The summed E-state index contributed by atoms with van der Waals surface area (Å²) in [5.74, 6) is 1.50. The fraction of sp³-hybridized carbons (Fsp3) is 0.692. The number of fused-ring (bicyclic) bond motifs is 1. The SMILES string of the molecule is CC(C)(C)OC(=O)N1C2CC2C[C@H]1c1ncc(I)[nH]1. The normalized spacial score (nSPS) is 29.3. The first kappa shape index (κ1) is 13.2. The lowest BCUT2D eigenvalue weighted by Gasteiger charge is -2.29. The number of piperidine rings is 1. The molecule has 1 aliphatic heterocycles. The van der Waals surface area contributed by atoms with Crippen LogP contribution in [0.4, 0.5) is 4.79 Å². The van der Waals surface area contributed by atoms with Crippen molar-refractivity contribution in [1.29, 1.82) is 0 Å². The van der Waals surface area contributed by atoms with Crippen LogP contribution in [0.15, 0.2) is 6.20 Å². The molecular weight excluding hydrogens is 357 g/mol. The summed E-state index contributed by atoms with van der Waals surface area (Å²) in [7, 11) is 0. The Bertz CT molecular complexity index is 508. The van der Waals surface area contributed by atoms with Gasteiger partial charge in [0.2, 0.25) is 0 Å². The molecule has 0 bridgehead atoms. The molecule has 5 nitrogen and oxygen atoms in total. The van der Waals surface area contributed by atoms with Crippen molar-refractivity contribution in [3.63, 3.8) is 0 Å². The summed E-state index contributed by atoms with van der Waals surface area (Å²) in [6.07, 6.45) is 3.68. The summed E-state index contributed by atoms with van der Waals surface area (Å²) in [6.45, 7) is 5.70. The third-order valence-corrected chi connectivity index (χ3v) is 4.14. The molecule has 1 N–H and O–H groups in total. The lowest BCUT2D eigenvalue weighted by molar-refractivity contribution is 0.0175. The Labute approximate surface area is 126 Å². The molecule has 1 saturated heterocycles. The van der Waals surface area contributed by atoms with Crippen LogP contribution in [0.3, 0.4) is 0 Å². The summed E-state index contributed by atoms with van der Waals surface area (Å²) >= 11 is 2.20. The predicted molar refractivity (Wildman–Crippen MR) is 78.6 cm³/mol. The summed E-state index contributed by atoms with van der Waals surface area (Å²) in [5, 5.41) is 0. The van der Waals surface area contributed by atoms with Crippen molar-refractivity contribution in [1.82, 2.24) is 14.9 Å². The van der Waals surface area contributed by atoms with Gasteiger partial charge >= 0.3 is 6.09 Å². The standard InChI is InChI=1S/C13H18IN3O2/c1-13(2,3)19-12(18)17-8-4-7(8)5-9(17)11-15-6-10(14)16-11/h6-9H,4-5H2,1-3H3,(H,15,16)/t7?,8?,9-/m0/s1. The zero-order valence-corrected chi connectivity index (χ0v) is 13.5. The number of amides is 1. The van der Waals surface area contributed by atoms with Crippen molar-refractivity contribution in [2.45, 2.75) is 51.3 Å². The smallest absolute Gasteiger partial charge is 0.411 e. The first-order valence-electron chi connectivity index (χ1n) is 6.57. The molecule has 1 aromatic heterocycles. The summed E-state index contributed by atoms with van der Waals surface area (Å²) in [5.41, 5.74) is -0.452. The zero-order chi connectivity index (χ0) is 13.8. The van der Waals surface area contributed by atoms with Crippen molar-refractivity contribution in [3.8, 4) is 0 Å². The van der Waals surface area contributed by atoms with E-state index in [0.717, 1.165) is 22.4 Å². The van der Waals surface area contributed by atoms with Gasteiger partial charge < -0.3 is 9.72 Å². The average Bonchev–Trinajstić information content (AvgIpc) is 2.73. The van der Waals surface area contributed by atoms with E-state index in [1.807, 2.05) is 25.7 Å². The summed E-state index contributed by atoms with van der Waals surface area (Å²) < 4.78 is 6.52. The van der Waals surface area contributed by atoms with E-state index in [4.69, 9.17) is 4.74 Å². The second kappa shape index (κ2) is 4.36. The fourth-order valence-corrected chi connectivity index (χ4v) is 3.18. The molecule has 2 unspecified atom stereocenters. The van der Waals surface area contributed by atoms with Crippen molar-refractivity contribution in [2.24, 2.45) is 5.92 Å². The highest BCUT2D eigenvalue weighted by Gasteiger charge is 2.56. The molecule has 2 aliphatic rings. The Balaban J connectivity index is 1.80. The van der Waals surface area contributed by atoms with Crippen LogP contribution in [0.25, 0.3) is 0 Å². The van der Waals surface area contributed by atoms with Crippen LogP contribution in [0.2, 0.25) is 0 Å². The highest BCUT2D eigenvalue weighted by atomic mass is 127. The molecule has 0 radical (unpaired) electrons. The number of hydrogen-bond acceptors (Lipinski definition) is 3. The van der Waals surface area contributed by atoms with Gasteiger partial charge in [-0.25, -0.2) is 9.78 Å². The van der Waals surface area contributed by atoms with Gasteiger partial charge in [0.25, 0.3) is 0 Å². The number of H-pyrrole nitrogens is 1. The number of carbonyl (C=O) groups is 1.